The second-order valence-electron chi connectivity index (χ2n) is 7.65. The number of alkyl halides is 3. The van der Waals surface area contributed by atoms with E-state index in [9.17, 15) is 13.2 Å². The Labute approximate surface area is 183 Å². The standard InChI is InChI=1S/C19H25N3O3.C2HF3O2/c1-14-20-19(25-21-14)18-8-7-16-17(24-18)9-10-22(16)11-12-23-13-15-5-3-2-4-6-15;3-2(4,5)1(6)7/h2-6,16-18H,7-13H2,1H3;(H,6,7)/t16-,17-,18-;/m1./s1. The molecule has 2 fully saturated rings. The van der Waals surface area contributed by atoms with Gasteiger partial charge in [-0.2, -0.15) is 18.2 Å². The molecule has 1 aromatic carbocycles. The largest absolute Gasteiger partial charge is 0.490 e. The minimum Gasteiger partial charge on any atom is -0.475 e. The number of hydrogen-bond acceptors (Lipinski definition) is 7. The van der Waals surface area contributed by atoms with Crippen molar-refractivity contribution < 1.29 is 37.1 Å². The summed E-state index contributed by atoms with van der Waals surface area (Å²) < 4.78 is 49.1. The van der Waals surface area contributed by atoms with E-state index < -0.39 is 12.1 Å². The van der Waals surface area contributed by atoms with Crippen LogP contribution < -0.4 is 0 Å². The molecule has 0 unspecified atom stereocenters. The highest BCUT2D eigenvalue weighted by Gasteiger charge is 2.41. The molecule has 0 spiro atoms. The Morgan fingerprint density at radius 3 is 2.59 bits per heavy atom. The number of benzene rings is 1. The highest BCUT2D eigenvalue weighted by atomic mass is 19.4. The third-order valence-corrected chi connectivity index (χ3v) is 5.36. The van der Waals surface area contributed by atoms with Crippen LogP contribution in [0.1, 0.15) is 42.6 Å². The zero-order valence-corrected chi connectivity index (χ0v) is 17.6. The third-order valence-electron chi connectivity index (χ3n) is 5.36. The van der Waals surface area contributed by atoms with Gasteiger partial charge in [0.05, 0.1) is 19.3 Å². The van der Waals surface area contributed by atoms with Crippen LogP contribution in [0.2, 0.25) is 0 Å². The number of ether oxygens (including phenoxy) is 2. The summed E-state index contributed by atoms with van der Waals surface area (Å²) in [6.07, 6.45) is -1.76. The van der Waals surface area contributed by atoms with Gasteiger partial charge < -0.3 is 19.1 Å². The van der Waals surface area contributed by atoms with Gasteiger partial charge >= 0.3 is 12.1 Å². The SMILES string of the molecule is Cc1noc([C@H]2CC[C@@H]3[C@@H](CCN3CCOCc3ccccc3)O2)n1.O=C(O)C(F)(F)F. The minimum atomic E-state index is -5.08. The minimum absolute atomic E-state index is 0.0447. The summed E-state index contributed by atoms with van der Waals surface area (Å²) in [6, 6.07) is 10.8. The Balaban J connectivity index is 0.000000360. The van der Waals surface area contributed by atoms with Gasteiger partial charge in [0.15, 0.2) is 5.82 Å². The summed E-state index contributed by atoms with van der Waals surface area (Å²) in [6.45, 7) is 5.30. The van der Waals surface area contributed by atoms with Crippen molar-refractivity contribution >= 4 is 5.97 Å². The maximum atomic E-state index is 10.6. The van der Waals surface area contributed by atoms with Crippen molar-refractivity contribution in [3.8, 4) is 0 Å². The number of hydrogen-bond donors (Lipinski definition) is 1. The second-order valence-corrected chi connectivity index (χ2v) is 7.65. The lowest BCUT2D eigenvalue weighted by molar-refractivity contribution is -0.192. The van der Waals surface area contributed by atoms with Gasteiger partial charge in [0, 0.05) is 19.1 Å². The van der Waals surface area contributed by atoms with E-state index in [4.69, 9.17) is 23.9 Å². The molecular formula is C21H26F3N3O5. The van der Waals surface area contributed by atoms with Gasteiger partial charge in [-0.15, -0.1) is 0 Å². The van der Waals surface area contributed by atoms with Crippen molar-refractivity contribution in [2.75, 3.05) is 19.7 Å². The monoisotopic (exact) mass is 457 g/mol. The zero-order chi connectivity index (χ0) is 23.1. The number of likely N-dealkylation sites (tertiary alicyclic amines) is 1. The molecular weight excluding hydrogens is 431 g/mol. The van der Waals surface area contributed by atoms with Gasteiger partial charge in [-0.05, 0) is 31.7 Å². The highest BCUT2D eigenvalue weighted by Crippen LogP contribution is 2.37. The number of carboxylic acid groups (broad SMARTS) is 1. The van der Waals surface area contributed by atoms with Gasteiger partial charge in [0.25, 0.3) is 5.89 Å². The molecule has 0 bridgehead atoms. The molecule has 0 radical (unpaired) electrons. The summed E-state index contributed by atoms with van der Waals surface area (Å²) in [5.41, 5.74) is 1.22. The summed E-state index contributed by atoms with van der Waals surface area (Å²) in [5, 5.41) is 11.0. The highest BCUT2D eigenvalue weighted by molar-refractivity contribution is 5.73. The Hall–Kier alpha value is -2.50. The fourth-order valence-corrected chi connectivity index (χ4v) is 3.86. The topological polar surface area (TPSA) is 97.9 Å². The molecule has 2 aromatic rings. The van der Waals surface area contributed by atoms with Crippen molar-refractivity contribution in [1.82, 2.24) is 15.0 Å². The van der Waals surface area contributed by atoms with Crippen LogP contribution in [-0.4, -0.2) is 64.1 Å². The van der Waals surface area contributed by atoms with Gasteiger partial charge in [0.1, 0.15) is 6.10 Å². The number of nitrogens with zero attached hydrogens (tertiary/aromatic N) is 3. The second kappa shape index (κ2) is 10.9. The van der Waals surface area contributed by atoms with Crippen LogP contribution in [0, 0.1) is 6.92 Å². The van der Waals surface area contributed by atoms with Crippen molar-refractivity contribution in [3.63, 3.8) is 0 Å². The number of aromatic nitrogens is 2. The van der Waals surface area contributed by atoms with Crippen molar-refractivity contribution in [2.45, 2.75) is 57.2 Å². The van der Waals surface area contributed by atoms with E-state index in [1.807, 2.05) is 25.1 Å². The van der Waals surface area contributed by atoms with Gasteiger partial charge in [-0.25, -0.2) is 4.79 Å². The van der Waals surface area contributed by atoms with E-state index in [1.165, 1.54) is 5.56 Å². The van der Waals surface area contributed by atoms with Crippen LogP contribution in [0.5, 0.6) is 0 Å². The zero-order valence-electron chi connectivity index (χ0n) is 17.6. The lowest BCUT2D eigenvalue weighted by Crippen LogP contribution is -2.41. The molecule has 1 N–H and O–H groups in total. The Morgan fingerprint density at radius 2 is 1.97 bits per heavy atom. The quantitative estimate of drug-likeness (QED) is 0.658. The lowest BCUT2D eigenvalue weighted by atomic mass is 9.99. The number of carboxylic acids is 1. The molecule has 1 aromatic heterocycles. The number of fused-ring (bicyclic) bond motifs is 1. The predicted octanol–water partition coefficient (Wildman–Crippen LogP) is 3.52. The molecule has 4 rings (SSSR count). The molecule has 0 saturated carbocycles. The van der Waals surface area contributed by atoms with E-state index in [1.54, 1.807) is 0 Å². The molecule has 0 aliphatic carbocycles. The first-order chi connectivity index (χ1) is 15.2. The number of halogens is 3. The Kier molecular flexibility index (Phi) is 8.21. The third kappa shape index (κ3) is 6.75. The van der Waals surface area contributed by atoms with E-state index in [0.29, 0.717) is 24.4 Å². The van der Waals surface area contributed by atoms with Gasteiger partial charge in [0.2, 0.25) is 0 Å². The molecule has 3 atom stereocenters. The molecule has 11 heteroatoms. The van der Waals surface area contributed by atoms with E-state index in [0.717, 1.165) is 39.0 Å². The fraction of sp³-hybridized carbons (Fsp3) is 0.571. The normalized spacial score (nSPS) is 23.3. The van der Waals surface area contributed by atoms with Crippen LogP contribution >= 0.6 is 0 Å². The predicted molar refractivity (Wildman–Crippen MR) is 106 cm³/mol. The maximum Gasteiger partial charge on any atom is 0.490 e. The molecule has 176 valence electrons. The van der Waals surface area contributed by atoms with Crippen LogP contribution in [-0.2, 0) is 20.9 Å². The molecule has 8 nitrogen and oxygen atoms in total. The maximum absolute atomic E-state index is 10.6. The smallest absolute Gasteiger partial charge is 0.475 e. The molecule has 2 aliphatic heterocycles. The van der Waals surface area contributed by atoms with E-state index in [2.05, 4.69) is 27.2 Å². The number of aryl methyl sites for hydroxylation is 1. The van der Waals surface area contributed by atoms with Crippen LogP contribution in [0.15, 0.2) is 34.9 Å². The van der Waals surface area contributed by atoms with Crippen molar-refractivity contribution in [3.05, 3.63) is 47.6 Å². The molecule has 0 amide bonds. The van der Waals surface area contributed by atoms with Crippen molar-refractivity contribution in [2.24, 2.45) is 0 Å². The number of rotatable bonds is 6. The molecule has 2 saturated heterocycles. The van der Waals surface area contributed by atoms with E-state index >= 15 is 0 Å². The molecule has 3 heterocycles. The summed E-state index contributed by atoms with van der Waals surface area (Å²) in [5.74, 6) is -1.46. The first kappa shape index (κ1) is 24.1. The summed E-state index contributed by atoms with van der Waals surface area (Å²) in [4.78, 5) is 15.7. The van der Waals surface area contributed by atoms with E-state index in [-0.39, 0.29) is 12.2 Å². The Morgan fingerprint density at radius 1 is 1.25 bits per heavy atom. The van der Waals surface area contributed by atoms with Gasteiger partial charge in [-0.1, -0.05) is 35.5 Å². The number of carbonyl (C=O) groups is 1. The average molecular weight is 457 g/mol. The number of aliphatic carboxylic acids is 1. The summed E-state index contributed by atoms with van der Waals surface area (Å²) >= 11 is 0. The lowest BCUT2D eigenvalue weighted by Gasteiger charge is -2.34. The Bertz CT molecular complexity index is 862. The van der Waals surface area contributed by atoms with Crippen LogP contribution in [0.4, 0.5) is 13.2 Å². The molecule has 32 heavy (non-hydrogen) atoms. The summed E-state index contributed by atoms with van der Waals surface area (Å²) in [7, 11) is 0. The average Bonchev–Trinajstić information content (AvgIpc) is 3.37. The van der Waals surface area contributed by atoms with Crippen LogP contribution in [0.3, 0.4) is 0 Å². The first-order valence-electron chi connectivity index (χ1n) is 10.4. The molecule has 2 aliphatic rings. The van der Waals surface area contributed by atoms with Crippen LogP contribution in [0.25, 0.3) is 0 Å². The first-order valence-corrected chi connectivity index (χ1v) is 10.4. The fourth-order valence-electron chi connectivity index (χ4n) is 3.86. The van der Waals surface area contributed by atoms with Gasteiger partial charge in [-0.3, -0.25) is 4.90 Å². The van der Waals surface area contributed by atoms with Crippen molar-refractivity contribution in [1.29, 1.82) is 0 Å².